The average molecular weight is 249 g/mol. The molecule has 0 aromatic heterocycles. The molecule has 0 amide bonds. The second-order valence-electron chi connectivity index (χ2n) is 4.21. The number of hydrogen-bond donors (Lipinski definition) is 1. The van der Waals surface area contributed by atoms with Crippen molar-refractivity contribution in [2.24, 2.45) is 5.92 Å². The van der Waals surface area contributed by atoms with Crippen LogP contribution >= 0.6 is 0 Å². The molecule has 0 aromatic rings. The first-order valence-corrected chi connectivity index (χ1v) is 7.26. The van der Waals surface area contributed by atoms with Crippen LogP contribution in [0.5, 0.6) is 0 Å². The molecule has 1 N–H and O–H groups in total. The molecule has 1 saturated carbocycles. The van der Waals surface area contributed by atoms with Crippen molar-refractivity contribution in [1.82, 2.24) is 4.31 Å². The van der Waals surface area contributed by atoms with Gasteiger partial charge in [0.25, 0.3) is 0 Å². The predicted molar refractivity (Wildman–Crippen MR) is 60.6 cm³/mol. The summed E-state index contributed by atoms with van der Waals surface area (Å²) < 4.78 is 25.2. The standard InChI is InChI=1S/C10H19NO4S/c1-2-11(8-9-5-6-9)16(14,15)7-3-4-10(12)13/h9H,2-8H2,1H3,(H,12,13). The number of carboxylic acids is 1. The average Bonchev–Trinajstić information content (AvgIpc) is 2.96. The van der Waals surface area contributed by atoms with Crippen molar-refractivity contribution in [2.75, 3.05) is 18.8 Å². The van der Waals surface area contributed by atoms with Crippen molar-refractivity contribution in [2.45, 2.75) is 32.6 Å². The summed E-state index contributed by atoms with van der Waals surface area (Å²) in [5, 5.41) is 8.45. The zero-order valence-corrected chi connectivity index (χ0v) is 10.4. The lowest BCUT2D eigenvalue weighted by Gasteiger charge is -2.19. The third-order valence-corrected chi connectivity index (χ3v) is 4.70. The van der Waals surface area contributed by atoms with E-state index in [4.69, 9.17) is 5.11 Å². The van der Waals surface area contributed by atoms with Gasteiger partial charge in [-0.2, -0.15) is 0 Å². The maximum atomic E-state index is 11.8. The first-order chi connectivity index (χ1) is 7.45. The molecule has 1 aliphatic rings. The van der Waals surface area contributed by atoms with E-state index in [2.05, 4.69) is 0 Å². The monoisotopic (exact) mass is 249 g/mol. The van der Waals surface area contributed by atoms with Crippen LogP contribution in [0.25, 0.3) is 0 Å². The highest BCUT2D eigenvalue weighted by Crippen LogP contribution is 2.30. The molecule has 0 spiro atoms. The molecule has 0 atom stereocenters. The van der Waals surface area contributed by atoms with Gasteiger partial charge in [-0.1, -0.05) is 6.92 Å². The lowest BCUT2D eigenvalue weighted by atomic mass is 10.3. The van der Waals surface area contributed by atoms with Crippen molar-refractivity contribution in [3.8, 4) is 0 Å². The van der Waals surface area contributed by atoms with E-state index >= 15 is 0 Å². The van der Waals surface area contributed by atoms with Crippen molar-refractivity contribution >= 4 is 16.0 Å². The maximum absolute atomic E-state index is 11.8. The molecular formula is C10H19NO4S. The molecule has 0 unspecified atom stereocenters. The molecule has 0 radical (unpaired) electrons. The van der Waals surface area contributed by atoms with Gasteiger partial charge in [0.15, 0.2) is 0 Å². The van der Waals surface area contributed by atoms with Gasteiger partial charge < -0.3 is 5.11 Å². The van der Waals surface area contributed by atoms with Gasteiger partial charge in [-0.15, -0.1) is 0 Å². The summed E-state index contributed by atoms with van der Waals surface area (Å²) in [6, 6.07) is 0. The first-order valence-electron chi connectivity index (χ1n) is 5.65. The fourth-order valence-corrected chi connectivity index (χ4v) is 3.16. The SMILES string of the molecule is CCN(CC1CC1)S(=O)(=O)CCCC(=O)O. The predicted octanol–water partition coefficient (Wildman–Crippen LogP) is 0.913. The molecule has 0 saturated heterocycles. The third kappa shape index (κ3) is 4.49. The van der Waals surface area contributed by atoms with Crippen molar-refractivity contribution in [3.05, 3.63) is 0 Å². The van der Waals surface area contributed by atoms with Gasteiger partial charge >= 0.3 is 5.97 Å². The summed E-state index contributed by atoms with van der Waals surface area (Å²) in [6.45, 7) is 2.90. The summed E-state index contributed by atoms with van der Waals surface area (Å²) in [6.07, 6.45) is 2.33. The summed E-state index contributed by atoms with van der Waals surface area (Å²) in [5.41, 5.74) is 0. The highest BCUT2D eigenvalue weighted by Gasteiger charge is 2.29. The van der Waals surface area contributed by atoms with Crippen LogP contribution in [-0.4, -0.2) is 42.6 Å². The van der Waals surface area contributed by atoms with Crippen molar-refractivity contribution in [1.29, 1.82) is 0 Å². The number of nitrogens with zero attached hydrogens (tertiary/aromatic N) is 1. The van der Waals surface area contributed by atoms with E-state index < -0.39 is 16.0 Å². The summed E-state index contributed by atoms with van der Waals surface area (Å²) >= 11 is 0. The second-order valence-corrected chi connectivity index (χ2v) is 6.30. The summed E-state index contributed by atoms with van der Waals surface area (Å²) in [4.78, 5) is 10.3. The molecule has 1 aliphatic carbocycles. The van der Waals surface area contributed by atoms with Gasteiger partial charge in [-0.3, -0.25) is 4.79 Å². The Morgan fingerprint density at radius 2 is 2.06 bits per heavy atom. The molecule has 5 nitrogen and oxygen atoms in total. The molecule has 94 valence electrons. The first kappa shape index (κ1) is 13.4. The van der Waals surface area contributed by atoms with Crippen LogP contribution in [0.15, 0.2) is 0 Å². The fourth-order valence-electron chi connectivity index (χ4n) is 1.56. The van der Waals surface area contributed by atoms with Gasteiger partial charge in [-0.05, 0) is 25.2 Å². The number of aliphatic carboxylic acids is 1. The zero-order chi connectivity index (χ0) is 12.2. The fraction of sp³-hybridized carbons (Fsp3) is 0.900. The van der Waals surface area contributed by atoms with E-state index in [0.29, 0.717) is 19.0 Å². The summed E-state index contributed by atoms with van der Waals surface area (Å²) in [5.74, 6) is -0.477. The van der Waals surface area contributed by atoms with Crippen LogP contribution in [-0.2, 0) is 14.8 Å². The van der Waals surface area contributed by atoms with Gasteiger partial charge in [0.1, 0.15) is 0 Å². The minimum absolute atomic E-state index is 0.0557. The van der Waals surface area contributed by atoms with Crippen LogP contribution in [0.4, 0.5) is 0 Å². The maximum Gasteiger partial charge on any atom is 0.303 e. The van der Waals surface area contributed by atoms with Gasteiger partial charge in [0, 0.05) is 19.5 Å². The van der Waals surface area contributed by atoms with Crippen LogP contribution in [0.1, 0.15) is 32.6 Å². The van der Waals surface area contributed by atoms with E-state index in [0.717, 1.165) is 12.8 Å². The van der Waals surface area contributed by atoms with Gasteiger partial charge in [-0.25, -0.2) is 12.7 Å². The molecule has 1 fully saturated rings. The number of carboxylic acid groups (broad SMARTS) is 1. The third-order valence-electron chi connectivity index (χ3n) is 2.70. The minimum atomic E-state index is -3.25. The Kier molecular flexibility index (Phi) is 4.73. The van der Waals surface area contributed by atoms with Gasteiger partial charge in [0.2, 0.25) is 10.0 Å². The van der Waals surface area contributed by atoms with Crippen LogP contribution in [0.3, 0.4) is 0 Å². The van der Waals surface area contributed by atoms with E-state index in [1.807, 2.05) is 6.92 Å². The Labute approximate surface area is 96.5 Å². The van der Waals surface area contributed by atoms with E-state index in [1.54, 1.807) is 0 Å². The number of rotatable bonds is 8. The van der Waals surface area contributed by atoms with E-state index in [9.17, 15) is 13.2 Å². The Morgan fingerprint density at radius 1 is 1.44 bits per heavy atom. The lowest BCUT2D eigenvalue weighted by molar-refractivity contribution is -0.137. The molecule has 16 heavy (non-hydrogen) atoms. The minimum Gasteiger partial charge on any atom is -0.481 e. The van der Waals surface area contributed by atoms with Crippen molar-refractivity contribution in [3.63, 3.8) is 0 Å². The molecule has 1 rings (SSSR count). The molecule has 0 aromatic carbocycles. The Hall–Kier alpha value is -0.620. The number of hydrogen-bond acceptors (Lipinski definition) is 3. The van der Waals surface area contributed by atoms with Crippen LogP contribution in [0.2, 0.25) is 0 Å². The molecular weight excluding hydrogens is 230 g/mol. The Bertz CT molecular complexity index is 335. The zero-order valence-electron chi connectivity index (χ0n) is 9.55. The quantitative estimate of drug-likeness (QED) is 0.694. The van der Waals surface area contributed by atoms with Crippen LogP contribution < -0.4 is 0 Å². The van der Waals surface area contributed by atoms with Crippen LogP contribution in [0, 0.1) is 5.92 Å². The molecule has 0 heterocycles. The highest BCUT2D eigenvalue weighted by atomic mass is 32.2. The van der Waals surface area contributed by atoms with Gasteiger partial charge in [0.05, 0.1) is 5.75 Å². The largest absolute Gasteiger partial charge is 0.481 e. The Morgan fingerprint density at radius 3 is 2.50 bits per heavy atom. The highest BCUT2D eigenvalue weighted by molar-refractivity contribution is 7.89. The Balaban J connectivity index is 2.42. The lowest BCUT2D eigenvalue weighted by Crippen LogP contribution is -2.34. The molecule has 0 aliphatic heterocycles. The normalized spacial score (nSPS) is 16.6. The topological polar surface area (TPSA) is 74.7 Å². The molecule has 6 heteroatoms. The smallest absolute Gasteiger partial charge is 0.303 e. The second kappa shape index (κ2) is 5.63. The van der Waals surface area contributed by atoms with Crippen molar-refractivity contribution < 1.29 is 18.3 Å². The van der Waals surface area contributed by atoms with E-state index in [-0.39, 0.29) is 18.6 Å². The van der Waals surface area contributed by atoms with E-state index in [1.165, 1.54) is 4.31 Å². The summed E-state index contributed by atoms with van der Waals surface area (Å²) in [7, 11) is -3.25. The number of sulfonamides is 1. The molecule has 0 bridgehead atoms. The number of carbonyl (C=O) groups is 1.